The number of aryl methyl sites for hydroxylation is 2. The fraction of sp³-hybridized carbons (Fsp3) is 0.662. The van der Waals surface area contributed by atoms with Gasteiger partial charge in [-0.3, -0.25) is 14.4 Å². The number of hydrogen-bond acceptors (Lipinski definition) is 18. The van der Waals surface area contributed by atoms with Gasteiger partial charge in [0, 0.05) is 86.8 Å². The van der Waals surface area contributed by atoms with Gasteiger partial charge in [-0.2, -0.15) is 4.58 Å². The molecule has 5 rings (SSSR count). The number of carbonyl (C=O) groups is 4. The summed E-state index contributed by atoms with van der Waals surface area (Å²) < 4.78 is 68.1. The van der Waals surface area contributed by atoms with Gasteiger partial charge in [0.05, 0.1) is 157 Å². The summed E-state index contributed by atoms with van der Waals surface area (Å²) in [7, 11) is 1.64. The van der Waals surface area contributed by atoms with E-state index < -0.39 is 17.8 Å². The van der Waals surface area contributed by atoms with Gasteiger partial charge in [-0.15, -0.1) is 5.06 Å². The van der Waals surface area contributed by atoms with Gasteiger partial charge in [0.25, 0.3) is 11.8 Å². The van der Waals surface area contributed by atoms with Gasteiger partial charge in [0.1, 0.15) is 6.54 Å². The lowest BCUT2D eigenvalue weighted by Crippen LogP contribution is -2.32. The highest BCUT2D eigenvalue weighted by atomic mass is 16.7. The smallest absolute Gasteiger partial charge is 0.333 e. The summed E-state index contributed by atoms with van der Waals surface area (Å²) in [6, 6.07) is 13.4. The normalized spacial score (nSPS) is 15.7. The van der Waals surface area contributed by atoms with Crippen LogP contribution in [0.2, 0.25) is 0 Å². The number of methoxy groups -OCH3 is 1. The summed E-state index contributed by atoms with van der Waals surface area (Å²) in [5.74, 6) is -1.46. The largest absolute Gasteiger partial charge is 0.382 e. The highest BCUT2D eigenvalue weighted by Crippen LogP contribution is 2.48. The molecule has 0 bridgehead atoms. The molecule has 2 aromatic rings. The monoisotopic (exact) mass is 1250 g/mol. The molecule has 0 unspecified atom stereocenters. The van der Waals surface area contributed by atoms with Crippen molar-refractivity contribution in [1.29, 1.82) is 0 Å². The van der Waals surface area contributed by atoms with Gasteiger partial charge >= 0.3 is 5.97 Å². The first-order valence-corrected chi connectivity index (χ1v) is 32.1. The number of allylic oxidation sites excluding steroid dienone is 6. The fourth-order valence-electron chi connectivity index (χ4n) is 10.5. The molecule has 0 saturated carbocycles. The number of unbranched alkanes of at least 4 members (excludes halogenated alkanes) is 4. The summed E-state index contributed by atoms with van der Waals surface area (Å²) in [6.07, 6.45) is 16.5. The van der Waals surface area contributed by atoms with E-state index in [0.717, 1.165) is 45.2 Å². The van der Waals surface area contributed by atoms with Crippen LogP contribution in [0, 0.1) is 13.8 Å². The van der Waals surface area contributed by atoms with E-state index in [9.17, 15) is 19.2 Å². The lowest BCUT2D eigenvalue weighted by atomic mass is 9.81. The van der Waals surface area contributed by atoms with Crippen molar-refractivity contribution in [2.24, 2.45) is 0 Å². The van der Waals surface area contributed by atoms with Crippen LogP contribution >= 0.6 is 0 Å². The predicted octanol–water partition coefficient (Wildman–Crippen LogP) is 8.15. The maximum Gasteiger partial charge on any atom is 0.333 e. The Morgan fingerprint density at radius 2 is 0.989 bits per heavy atom. The molecule has 3 heterocycles. The number of rotatable bonds is 52. The molecule has 2 aromatic carbocycles. The first kappa shape index (κ1) is 74.5. The molecule has 0 aromatic heterocycles. The molecule has 498 valence electrons. The lowest BCUT2D eigenvalue weighted by molar-refractivity contribution is -0.438. The van der Waals surface area contributed by atoms with Crippen LogP contribution in [-0.2, 0) is 91.7 Å². The average Bonchev–Trinajstić information content (AvgIpc) is 1.72. The summed E-state index contributed by atoms with van der Waals surface area (Å²) in [5.41, 5.74) is 9.51. The zero-order chi connectivity index (χ0) is 63.8. The van der Waals surface area contributed by atoms with Gasteiger partial charge in [0.2, 0.25) is 11.6 Å². The molecule has 0 atom stereocenters. The Morgan fingerprint density at radius 3 is 1.51 bits per heavy atom. The minimum Gasteiger partial charge on any atom is -0.382 e. The first-order chi connectivity index (χ1) is 43.2. The molecule has 89 heavy (non-hydrogen) atoms. The summed E-state index contributed by atoms with van der Waals surface area (Å²) in [4.78, 5) is 56.4. The van der Waals surface area contributed by atoms with Crippen LogP contribution in [0.4, 0.5) is 11.4 Å². The Bertz CT molecular complexity index is 2520. The van der Waals surface area contributed by atoms with Gasteiger partial charge in [-0.05, 0) is 77.2 Å². The number of hydrogen-bond donors (Lipinski definition) is 1. The van der Waals surface area contributed by atoms with Crippen molar-refractivity contribution < 1.29 is 85.4 Å². The molecule has 1 fully saturated rings. The van der Waals surface area contributed by atoms with Gasteiger partial charge in [-0.25, -0.2) is 4.79 Å². The molecular formula is C68H105N4O17+. The highest BCUT2D eigenvalue weighted by molar-refractivity contribution is 6.03. The second-order valence-corrected chi connectivity index (χ2v) is 23.0. The van der Waals surface area contributed by atoms with Crippen molar-refractivity contribution in [2.75, 3.05) is 184 Å². The summed E-state index contributed by atoms with van der Waals surface area (Å²) in [5, 5.41) is 3.60. The van der Waals surface area contributed by atoms with Crippen LogP contribution in [0.25, 0.3) is 0 Å². The topological polar surface area (TPSA) is 210 Å². The fourth-order valence-corrected chi connectivity index (χ4v) is 10.5. The van der Waals surface area contributed by atoms with E-state index in [0.29, 0.717) is 176 Å². The Hall–Kier alpha value is -5.27. The summed E-state index contributed by atoms with van der Waals surface area (Å²) >= 11 is 0. The van der Waals surface area contributed by atoms with Crippen molar-refractivity contribution in [3.63, 3.8) is 0 Å². The number of fused-ring (bicyclic) bond motifs is 2. The average molecular weight is 1250 g/mol. The van der Waals surface area contributed by atoms with E-state index in [2.05, 4.69) is 123 Å². The number of ether oxygens (including phenoxy) is 12. The third-order valence-electron chi connectivity index (χ3n) is 15.3. The minimum absolute atomic E-state index is 0.0324. The predicted molar refractivity (Wildman–Crippen MR) is 340 cm³/mol. The van der Waals surface area contributed by atoms with Crippen molar-refractivity contribution in [1.82, 2.24) is 10.4 Å². The van der Waals surface area contributed by atoms with Gasteiger partial charge in [-0.1, -0.05) is 67.8 Å². The van der Waals surface area contributed by atoms with E-state index in [-0.39, 0.29) is 36.0 Å². The minimum atomic E-state index is -0.559. The number of imide groups is 1. The molecule has 1 N–H and O–H groups in total. The molecule has 21 nitrogen and oxygen atoms in total. The number of carbonyl (C=O) groups excluding carboxylic acids is 4. The quantitative estimate of drug-likeness (QED) is 0.0287. The lowest BCUT2D eigenvalue weighted by Gasteiger charge is -2.27. The highest BCUT2D eigenvalue weighted by Gasteiger charge is 2.44. The Balaban J connectivity index is 0.858. The molecule has 1 saturated heterocycles. The number of nitrogens with one attached hydrogen (secondary N) is 1. The Morgan fingerprint density at radius 1 is 0.528 bits per heavy atom. The maximum absolute atomic E-state index is 12.7. The molecular weight excluding hydrogens is 1140 g/mol. The van der Waals surface area contributed by atoms with Gasteiger partial charge in [0.15, 0.2) is 5.71 Å². The number of nitrogens with zero attached hydrogens (tertiary/aromatic N) is 3. The van der Waals surface area contributed by atoms with Crippen molar-refractivity contribution >= 4 is 40.8 Å². The standard InChI is InChI=1S/C68H104N4O17/c1-55-21-23-59-57(53-55)67(3,4)61(17-11-8-12-18-62-68(5,6)58-54-56(2)22-24-60(58)71(62)29-16-10-14-20-66(76)89-72-64(74)25-26-65(72)75)70(59)28-15-9-13-19-63(73)69-27-30-78-33-34-80-37-38-82-41-42-84-45-46-86-49-50-88-52-51-87-48-47-85-44-43-83-40-39-81-36-35-79-32-31-77-7/h8,11-12,17-18,21-24,53-54H,9-10,13-16,19-20,25-52H2,1-7H3/p+1. The van der Waals surface area contributed by atoms with Crippen molar-refractivity contribution in [3.05, 3.63) is 94.7 Å². The van der Waals surface area contributed by atoms with E-state index >= 15 is 0 Å². The number of hydroxylamine groups is 2. The number of benzene rings is 2. The van der Waals surface area contributed by atoms with Gasteiger partial charge < -0.3 is 71.9 Å². The van der Waals surface area contributed by atoms with Crippen LogP contribution in [-0.4, -0.2) is 218 Å². The van der Waals surface area contributed by atoms with E-state index in [1.54, 1.807) is 7.11 Å². The number of amides is 3. The van der Waals surface area contributed by atoms with Crippen molar-refractivity contribution in [3.8, 4) is 0 Å². The third kappa shape index (κ3) is 27.6. The Kier molecular flexibility index (Phi) is 36.4. The molecule has 0 aliphatic carbocycles. The Labute approximate surface area is 529 Å². The van der Waals surface area contributed by atoms with Crippen LogP contribution < -0.4 is 10.2 Å². The molecule has 21 heteroatoms. The molecule has 3 aliphatic rings. The zero-order valence-electron chi connectivity index (χ0n) is 54.6. The molecule has 3 amide bonds. The maximum atomic E-state index is 12.7. The van der Waals surface area contributed by atoms with E-state index in [1.165, 1.54) is 45.0 Å². The van der Waals surface area contributed by atoms with Crippen LogP contribution in [0.5, 0.6) is 0 Å². The summed E-state index contributed by atoms with van der Waals surface area (Å²) in [6.45, 7) is 26.8. The third-order valence-corrected chi connectivity index (χ3v) is 15.3. The van der Waals surface area contributed by atoms with Crippen LogP contribution in [0.3, 0.4) is 0 Å². The van der Waals surface area contributed by atoms with E-state index in [1.807, 2.05) is 0 Å². The van der Waals surface area contributed by atoms with Crippen LogP contribution in [0.15, 0.2) is 72.5 Å². The first-order valence-electron chi connectivity index (χ1n) is 32.1. The van der Waals surface area contributed by atoms with E-state index in [4.69, 9.17) is 61.7 Å². The molecule has 0 spiro atoms. The second-order valence-electron chi connectivity index (χ2n) is 23.0. The molecule has 0 radical (unpaired) electrons. The number of anilines is 1. The zero-order valence-corrected chi connectivity index (χ0v) is 54.6. The van der Waals surface area contributed by atoms with Crippen LogP contribution in [0.1, 0.15) is 114 Å². The second kappa shape index (κ2) is 43.5. The molecule has 3 aliphatic heterocycles. The SMILES string of the molecule is COCCOCCOCCOCCOCCOCCOCCOCCOCCOCCOCCOCCNC(=O)CCCCC[N+]1=C(C=CC=CC=C2N(CCCCCC(=O)ON3C(=O)CCC3=O)c3ccc(C)cc3C2(C)C)C(C)(C)c2cc(C)ccc21. The van der Waals surface area contributed by atoms with Crippen molar-refractivity contribution in [2.45, 2.75) is 117 Å².